The Kier molecular flexibility index (Phi) is 6.42. The second-order valence-electron chi connectivity index (χ2n) is 6.74. The van der Waals surface area contributed by atoms with Gasteiger partial charge in [0, 0.05) is 42.3 Å². The molecule has 3 rings (SSSR count). The summed E-state index contributed by atoms with van der Waals surface area (Å²) < 4.78 is 41.9. The van der Waals surface area contributed by atoms with Crippen LogP contribution in [-0.2, 0) is 14.8 Å². The fourth-order valence-corrected chi connectivity index (χ4v) is 6.36. The number of nitrogens with one attached hydrogen (secondary N) is 1. The molecule has 1 aliphatic rings. The Morgan fingerprint density at radius 3 is 2.64 bits per heavy atom. The highest BCUT2D eigenvalue weighted by Crippen LogP contribution is 2.37. The number of hydrogen-bond acceptors (Lipinski definition) is 4. The van der Waals surface area contributed by atoms with Gasteiger partial charge in [-0.3, -0.25) is 4.79 Å². The molecule has 5 nitrogen and oxygen atoms in total. The van der Waals surface area contributed by atoms with Crippen LogP contribution in [0.2, 0.25) is 0 Å². The van der Waals surface area contributed by atoms with Gasteiger partial charge in [-0.1, -0.05) is 18.2 Å². The zero-order chi connectivity index (χ0) is 20.3. The number of amides is 1. The summed E-state index contributed by atoms with van der Waals surface area (Å²) in [5, 5.41) is 2.59. The molecule has 1 fully saturated rings. The van der Waals surface area contributed by atoms with Gasteiger partial charge < -0.3 is 5.32 Å². The molecule has 1 N–H and O–H groups in total. The molecule has 150 valence electrons. The summed E-state index contributed by atoms with van der Waals surface area (Å²) in [4.78, 5) is 11.4. The van der Waals surface area contributed by atoms with Gasteiger partial charge in [-0.25, -0.2) is 12.8 Å². The maximum atomic E-state index is 14.1. The number of carbonyl (C=O) groups is 1. The number of halogens is 1. The largest absolute Gasteiger partial charge is 0.326 e. The summed E-state index contributed by atoms with van der Waals surface area (Å²) in [6.45, 7) is 3.83. The second-order valence-corrected chi connectivity index (χ2v) is 9.95. The third-order valence-corrected chi connectivity index (χ3v) is 8.03. The lowest BCUT2D eigenvalue weighted by molar-refractivity contribution is -0.114. The molecule has 0 aliphatic carbocycles. The lowest BCUT2D eigenvalue weighted by atomic mass is 10.1. The molecule has 1 unspecified atom stereocenters. The Balaban J connectivity index is 1.79. The quantitative estimate of drug-likeness (QED) is 0.810. The van der Waals surface area contributed by atoms with E-state index >= 15 is 0 Å². The summed E-state index contributed by atoms with van der Waals surface area (Å²) in [7, 11) is -3.66. The highest BCUT2D eigenvalue weighted by atomic mass is 32.2. The van der Waals surface area contributed by atoms with Crippen molar-refractivity contribution in [3.05, 3.63) is 59.4 Å². The normalized spacial score (nSPS) is 18.5. The van der Waals surface area contributed by atoms with Crippen molar-refractivity contribution in [3.8, 4) is 0 Å². The number of benzene rings is 2. The van der Waals surface area contributed by atoms with Crippen molar-refractivity contribution in [1.82, 2.24) is 4.31 Å². The number of sulfonamides is 1. The monoisotopic (exact) mass is 422 g/mol. The minimum atomic E-state index is -3.66. The second kappa shape index (κ2) is 8.63. The Hall–Kier alpha value is -1.90. The highest BCUT2D eigenvalue weighted by molar-refractivity contribution is 7.99. The SMILES string of the molecule is CC(=O)Nc1ccc(S(=O)(=O)N2CCSC(c3ccccc3F)CC2)c(C)c1. The molecular weight excluding hydrogens is 399 g/mol. The Bertz CT molecular complexity index is 979. The molecule has 0 saturated carbocycles. The van der Waals surface area contributed by atoms with E-state index in [9.17, 15) is 17.6 Å². The van der Waals surface area contributed by atoms with E-state index in [1.54, 1.807) is 49.0 Å². The first-order chi connectivity index (χ1) is 13.3. The van der Waals surface area contributed by atoms with E-state index < -0.39 is 10.0 Å². The van der Waals surface area contributed by atoms with Crippen molar-refractivity contribution in [2.45, 2.75) is 30.4 Å². The van der Waals surface area contributed by atoms with Gasteiger partial charge in [0.05, 0.1) is 4.90 Å². The van der Waals surface area contributed by atoms with Crippen LogP contribution in [0.3, 0.4) is 0 Å². The van der Waals surface area contributed by atoms with Crippen LogP contribution >= 0.6 is 11.8 Å². The van der Waals surface area contributed by atoms with Crippen LogP contribution in [0.4, 0.5) is 10.1 Å². The zero-order valence-corrected chi connectivity index (χ0v) is 17.4. The molecule has 28 heavy (non-hydrogen) atoms. The van der Waals surface area contributed by atoms with Crippen LogP contribution in [0.25, 0.3) is 0 Å². The third kappa shape index (κ3) is 4.56. The predicted octanol–water partition coefficient (Wildman–Crippen LogP) is 3.96. The van der Waals surface area contributed by atoms with E-state index in [4.69, 9.17) is 0 Å². The third-order valence-electron chi connectivity index (χ3n) is 4.67. The van der Waals surface area contributed by atoms with Crippen molar-refractivity contribution in [2.24, 2.45) is 0 Å². The lowest BCUT2D eigenvalue weighted by Gasteiger charge is -2.21. The van der Waals surface area contributed by atoms with E-state index in [0.29, 0.717) is 42.1 Å². The van der Waals surface area contributed by atoms with E-state index in [1.807, 2.05) is 0 Å². The van der Waals surface area contributed by atoms with Gasteiger partial charge in [0.25, 0.3) is 0 Å². The summed E-state index contributed by atoms with van der Waals surface area (Å²) in [5.41, 5.74) is 1.77. The summed E-state index contributed by atoms with van der Waals surface area (Å²) in [5.74, 6) is 0.140. The molecule has 1 amide bonds. The van der Waals surface area contributed by atoms with Gasteiger partial charge in [0.1, 0.15) is 5.82 Å². The number of thioether (sulfide) groups is 1. The van der Waals surface area contributed by atoms with Gasteiger partial charge in [0.15, 0.2) is 0 Å². The van der Waals surface area contributed by atoms with Crippen molar-refractivity contribution >= 4 is 33.4 Å². The molecule has 1 heterocycles. The fraction of sp³-hybridized carbons (Fsp3) is 0.350. The zero-order valence-electron chi connectivity index (χ0n) is 15.8. The fourth-order valence-electron chi connectivity index (χ4n) is 3.33. The smallest absolute Gasteiger partial charge is 0.243 e. The standard InChI is InChI=1S/C20H23FN2O3S2/c1-14-13-16(22-15(2)24)7-8-20(14)28(25,26)23-10-9-19(27-12-11-23)17-5-3-4-6-18(17)21/h3-8,13,19H,9-12H2,1-2H3,(H,22,24). The number of carbonyl (C=O) groups excluding carboxylic acids is 1. The van der Waals surface area contributed by atoms with Crippen LogP contribution in [0, 0.1) is 12.7 Å². The topological polar surface area (TPSA) is 66.5 Å². The average molecular weight is 423 g/mol. The lowest BCUT2D eigenvalue weighted by Crippen LogP contribution is -2.33. The summed E-state index contributed by atoms with van der Waals surface area (Å²) in [6.07, 6.45) is 0.549. The molecule has 2 aromatic carbocycles. The highest BCUT2D eigenvalue weighted by Gasteiger charge is 2.30. The van der Waals surface area contributed by atoms with E-state index in [1.165, 1.54) is 23.4 Å². The molecule has 8 heteroatoms. The average Bonchev–Trinajstić information content (AvgIpc) is 2.88. The first-order valence-corrected chi connectivity index (χ1v) is 11.5. The van der Waals surface area contributed by atoms with Crippen molar-refractivity contribution in [2.75, 3.05) is 24.2 Å². The maximum Gasteiger partial charge on any atom is 0.243 e. The molecular formula is C20H23FN2O3S2. The Labute approximate surface area is 169 Å². The Morgan fingerprint density at radius 2 is 1.96 bits per heavy atom. The molecule has 1 atom stereocenters. The van der Waals surface area contributed by atoms with Crippen LogP contribution in [0.1, 0.15) is 29.7 Å². The van der Waals surface area contributed by atoms with Gasteiger partial charge in [0.2, 0.25) is 15.9 Å². The molecule has 0 aromatic heterocycles. The number of hydrogen-bond donors (Lipinski definition) is 1. The van der Waals surface area contributed by atoms with Crippen molar-refractivity contribution < 1.29 is 17.6 Å². The molecule has 0 spiro atoms. The molecule has 1 aliphatic heterocycles. The van der Waals surface area contributed by atoms with Crippen LogP contribution in [0.5, 0.6) is 0 Å². The van der Waals surface area contributed by atoms with Crippen molar-refractivity contribution in [1.29, 1.82) is 0 Å². The van der Waals surface area contributed by atoms with Gasteiger partial charge >= 0.3 is 0 Å². The molecule has 0 radical (unpaired) electrons. The van der Waals surface area contributed by atoms with E-state index in [2.05, 4.69) is 5.32 Å². The van der Waals surface area contributed by atoms with E-state index in [0.717, 1.165) is 0 Å². The van der Waals surface area contributed by atoms with Crippen LogP contribution < -0.4 is 5.32 Å². The first kappa shape index (κ1) is 20.8. The predicted molar refractivity (Wildman–Crippen MR) is 110 cm³/mol. The summed E-state index contributed by atoms with van der Waals surface area (Å²) >= 11 is 1.59. The molecule has 0 bridgehead atoms. The number of nitrogens with zero attached hydrogens (tertiary/aromatic N) is 1. The van der Waals surface area contributed by atoms with Gasteiger partial charge in [-0.05, 0) is 43.2 Å². The molecule has 2 aromatic rings. The van der Waals surface area contributed by atoms with Gasteiger partial charge in [-0.2, -0.15) is 16.1 Å². The molecule has 1 saturated heterocycles. The van der Waals surface area contributed by atoms with E-state index in [-0.39, 0.29) is 21.9 Å². The summed E-state index contributed by atoms with van der Waals surface area (Å²) in [6, 6.07) is 11.4. The van der Waals surface area contributed by atoms with Crippen molar-refractivity contribution in [3.63, 3.8) is 0 Å². The minimum Gasteiger partial charge on any atom is -0.326 e. The van der Waals surface area contributed by atoms with Gasteiger partial charge in [-0.15, -0.1) is 0 Å². The minimum absolute atomic E-state index is 0.0651. The maximum absolute atomic E-state index is 14.1. The van der Waals surface area contributed by atoms with Crippen LogP contribution in [-0.4, -0.2) is 37.5 Å². The Morgan fingerprint density at radius 1 is 1.21 bits per heavy atom. The first-order valence-electron chi connectivity index (χ1n) is 9.03. The number of anilines is 1. The number of rotatable bonds is 4. The van der Waals surface area contributed by atoms with Crippen LogP contribution in [0.15, 0.2) is 47.4 Å². The number of aryl methyl sites for hydroxylation is 1.